The molecular weight excluding hydrogens is 170 g/mol. The van der Waals surface area contributed by atoms with E-state index in [0.717, 1.165) is 11.3 Å². The standard InChI is InChI=1S/C9H15NOS/c1-7(10-2)6-8(11)9-4-3-5-12-9/h3-5,7-8,10-11H,6H2,1-2H3/t7?,8-/m0/s1. The highest BCUT2D eigenvalue weighted by Gasteiger charge is 2.11. The van der Waals surface area contributed by atoms with Gasteiger partial charge in [-0.3, -0.25) is 0 Å². The summed E-state index contributed by atoms with van der Waals surface area (Å²) in [6, 6.07) is 4.30. The maximum atomic E-state index is 9.68. The largest absolute Gasteiger partial charge is 0.388 e. The zero-order valence-electron chi connectivity index (χ0n) is 7.45. The van der Waals surface area contributed by atoms with Crippen molar-refractivity contribution in [3.8, 4) is 0 Å². The molecule has 1 rings (SSSR count). The van der Waals surface area contributed by atoms with Gasteiger partial charge in [-0.05, 0) is 31.8 Å². The second kappa shape index (κ2) is 4.60. The van der Waals surface area contributed by atoms with Gasteiger partial charge in [-0.1, -0.05) is 6.07 Å². The zero-order valence-corrected chi connectivity index (χ0v) is 8.27. The predicted octanol–water partition coefficient (Wildman–Crippen LogP) is 1.78. The molecule has 2 nitrogen and oxygen atoms in total. The summed E-state index contributed by atoms with van der Waals surface area (Å²) in [6.45, 7) is 2.07. The Labute approximate surface area is 77.2 Å². The maximum absolute atomic E-state index is 9.68. The molecule has 1 heterocycles. The molecule has 1 aromatic rings. The van der Waals surface area contributed by atoms with E-state index in [2.05, 4.69) is 12.2 Å². The van der Waals surface area contributed by atoms with Crippen LogP contribution in [0, 0.1) is 0 Å². The van der Waals surface area contributed by atoms with E-state index in [4.69, 9.17) is 0 Å². The number of rotatable bonds is 4. The summed E-state index contributed by atoms with van der Waals surface area (Å²) in [5.41, 5.74) is 0. The topological polar surface area (TPSA) is 32.3 Å². The summed E-state index contributed by atoms with van der Waals surface area (Å²) in [4.78, 5) is 1.05. The van der Waals surface area contributed by atoms with Crippen LogP contribution in [0.1, 0.15) is 24.3 Å². The third-order valence-electron chi connectivity index (χ3n) is 1.94. The molecule has 0 fully saturated rings. The molecule has 68 valence electrons. The zero-order chi connectivity index (χ0) is 8.97. The summed E-state index contributed by atoms with van der Waals surface area (Å²) < 4.78 is 0. The molecule has 0 amide bonds. The van der Waals surface area contributed by atoms with Gasteiger partial charge in [0.15, 0.2) is 0 Å². The molecule has 1 unspecified atom stereocenters. The average molecular weight is 185 g/mol. The SMILES string of the molecule is CNC(C)C[C@H](O)c1cccs1. The molecule has 2 N–H and O–H groups in total. The van der Waals surface area contributed by atoms with E-state index in [1.807, 2.05) is 24.6 Å². The molecular formula is C9H15NOS. The molecule has 0 saturated heterocycles. The number of aliphatic hydroxyl groups excluding tert-OH is 1. The average Bonchev–Trinajstić information content (AvgIpc) is 2.56. The van der Waals surface area contributed by atoms with E-state index in [9.17, 15) is 5.11 Å². The van der Waals surface area contributed by atoms with Gasteiger partial charge in [0.2, 0.25) is 0 Å². The van der Waals surface area contributed by atoms with Crippen molar-refractivity contribution >= 4 is 11.3 Å². The van der Waals surface area contributed by atoms with Crippen molar-refractivity contribution in [3.63, 3.8) is 0 Å². The number of aliphatic hydroxyl groups is 1. The van der Waals surface area contributed by atoms with Gasteiger partial charge in [-0.15, -0.1) is 11.3 Å². The van der Waals surface area contributed by atoms with E-state index < -0.39 is 0 Å². The van der Waals surface area contributed by atoms with Crippen molar-refractivity contribution in [1.82, 2.24) is 5.32 Å². The van der Waals surface area contributed by atoms with Gasteiger partial charge in [0, 0.05) is 10.9 Å². The Morgan fingerprint density at radius 3 is 2.92 bits per heavy atom. The summed E-state index contributed by atoms with van der Waals surface area (Å²) in [7, 11) is 1.91. The van der Waals surface area contributed by atoms with Crippen LogP contribution in [-0.4, -0.2) is 18.2 Å². The first-order valence-corrected chi connectivity index (χ1v) is 5.00. The number of nitrogens with one attached hydrogen (secondary N) is 1. The molecule has 0 aliphatic heterocycles. The molecule has 0 radical (unpaired) electrons. The normalized spacial score (nSPS) is 15.9. The molecule has 0 aliphatic rings. The van der Waals surface area contributed by atoms with Crippen molar-refractivity contribution in [2.24, 2.45) is 0 Å². The first-order valence-electron chi connectivity index (χ1n) is 4.12. The van der Waals surface area contributed by atoms with Gasteiger partial charge in [0.1, 0.15) is 0 Å². The molecule has 0 aliphatic carbocycles. The van der Waals surface area contributed by atoms with Crippen molar-refractivity contribution < 1.29 is 5.11 Å². The van der Waals surface area contributed by atoms with Crippen molar-refractivity contribution in [2.45, 2.75) is 25.5 Å². The van der Waals surface area contributed by atoms with Gasteiger partial charge in [0.05, 0.1) is 6.10 Å². The van der Waals surface area contributed by atoms with Crippen LogP contribution in [0.3, 0.4) is 0 Å². The Hall–Kier alpha value is -0.380. The number of thiophene rings is 1. The van der Waals surface area contributed by atoms with Crippen LogP contribution in [0.15, 0.2) is 17.5 Å². The second-order valence-corrected chi connectivity index (χ2v) is 3.94. The highest BCUT2D eigenvalue weighted by Crippen LogP contribution is 2.22. The van der Waals surface area contributed by atoms with Crippen LogP contribution in [-0.2, 0) is 0 Å². The van der Waals surface area contributed by atoms with Gasteiger partial charge >= 0.3 is 0 Å². The fourth-order valence-corrected chi connectivity index (χ4v) is 1.77. The van der Waals surface area contributed by atoms with Gasteiger partial charge in [0.25, 0.3) is 0 Å². The van der Waals surface area contributed by atoms with E-state index in [-0.39, 0.29) is 6.10 Å². The van der Waals surface area contributed by atoms with Crippen LogP contribution in [0.4, 0.5) is 0 Å². The van der Waals surface area contributed by atoms with Crippen molar-refractivity contribution in [3.05, 3.63) is 22.4 Å². The van der Waals surface area contributed by atoms with Gasteiger partial charge < -0.3 is 10.4 Å². The molecule has 1 aromatic heterocycles. The van der Waals surface area contributed by atoms with Gasteiger partial charge in [-0.2, -0.15) is 0 Å². The Kier molecular flexibility index (Phi) is 3.72. The molecule has 12 heavy (non-hydrogen) atoms. The first kappa shape index (κ1) is 9.71. The highest BCUT2D eigenvalue weighted by molar-refractivity contribution is 7.10. The fraction of sp³-hybridized carbons (Fsp3) is 0.556. The smallest absolute Gasteiger partial charge is 0.0896 e. The maximum Gasteiger partial charge on any atom is 0.0896 e. The number of hydrogen-bond donors (Lipinski definition) is 2. The Morgan fingerprint density at radius 2 is 2.42 bits per heavy atom. The Morgan fingerprint density at radius 1 is 1.67 bits per heavy atom. The van der Waals surface area contributed by atoms with E-state index in [0.29, 0.717) is 6.04 Å². The molecule has 0 bridgehead atoms. The molecule has 0 saturated carbocycles. The molecule has 0 spiro atoms. The molecule has 2 atom stereocenters. The third kappa shape index (κ3) is 2.59. The minimum absolute atomic E-state index is 0.313. The summed E-state index contributed by atoms with van der Waals surface area (Å²) >= 11 is 1.61. The lowest BCUT2D eigenvalue weighted by molar-refractivity contribution is 0.159. The first-order chi connectivity index (χ1) is 5.74. The van der Waals surface area contributed by atoms with E-state index >= 15 is 0 Å². The lowest BCUT2D eigenvalue weighted by atomic mass is 10.1. The summed E-state index contributed by atoms with van der Waals surface area (Å²) in [5, 5.41) is 14.8. The van der Waals surface area contributed by atoms with Gasteiger partial charge in [-0.25, -0.2) is 0 Å². The van der Waals surface area contributed by atoms with E-state index in [1.54, 1.807) is 11.3 Å². The van der Waals surface area contributed by atoms with Crippen LogP contribution < -0.4 is 5.32 Å². The van der Waals surface area contributed by atoms with Crippen molar-refractivity contribution in [1.29, 1.82) is 0 Å². The molecule has 3 heteroatoms. The summed E-state index contributed by atoms with van der Waals surface area (Å²) in [5.74, 6) is 0. The number of hydrogen-bond acceptors (Lipinski definition) is 3. The lowest BCUT2D eigenvalue weighted by Crippen LogP contribution is -2.23. The monoisotopic (exact) mass is 185 g/mol. The van der Waals surface area contributed by atoms with Crippen molar-refractivity contribution in [2.75, 3.05) is 7.05 Å². The fourth-order valence-electron chi connectivity index (χ4n) is 1.05. The summed E-state index contributed by atoms with van der Waals surface area (Å²) in [6.07, 6.45) is 0.462. The third-order valence-corrected chi connectivity index (χ3v) is 2.91. The van der Waals surface area contributed by atoms with Crippen LogP contribution in [0.5, 0.6) is 0 Å². The minimum Gasteiger partial charge on any atom is -0.388 e. The molecule has 0 aromatic carbocycles. The van der Waals surface area contributed by atoms with Crippen LogP contribution >= 0.6 is 11.3 Å². The van der Waals surface area contributed by atoms with Crippen LogP contribution in [0.2, 0.25) is 0 Å². The Bertz CT molecular complexity index is 210. The van der Waals surface area contributed by atoms with E-state index in [1.165, 1.54) is 0 Å². The van der Waals surface area contributed by atoms with Crippen LogP contribution in [0.25, 0.3) is 0 Å². The predicted molar refractivity (Wildman–Crippen MR) is 52.4 cm³/mol. The minimum atomic E-state index is -0.313. The highest BCUT2D eigenvalue weighted by atomic mass is 32.1. The Balaban J connectivity index is 2.44. The lowest BCUT2D eigenvalue weighted by Gasteiger charge is -2.14. The quantitative estimate of drug-likeness (QED) is 0.749. The second-order valence-electron chi connectivity index (χ2n) is 2.96.